The average molecular weight is 467 g/mol. The first-order valence-electron chi connectivity index (χ1n) is 11.6. The van der Waals surface area contributed by atoms with Crippen molar-refractivity contribution in [3.05, 3.63) is 89.1 Å². The largest absolute Gasteiger partial charge is 0.393 e. The van der Waals surface area contributed by atoms with Gasteiger partial charge in [0.05, 0.1) is 37.3 Å². The zero-order chi connectivity index (χ0) is 23.9. The van der Waals surface area contributed by atoms with E-state index in [1.165, 1.54) is 12.1 Å². The molecule has 3 atom stereocenters. The maximum absolute atomic E-state index is 14.0. The SMILES string of the molecule is Cc1cn(C2C=CC(/C=C3\CCCCN4C3=NCC4(CO)c3cc(F)cc(F)c3)=CC2O)cn1. The van der Waals surface area contributed by atoms with Crippen LogP contribution in [0.3, 0.4) is 0 Å². The first-order chi connectivity index (χ1) is 16.4. The molecule has 34 heavy (non-hydrogen) atoms. The lowest BCUT2D eigenvalue weighted by molar-refractivity contribution is 0.100. The highest BCUT2D eigenvalue weighted by atomic mass is 19.1. The third-order valence-corrected chi connectivity index (χ3v) is 6.90. The van der Waals surface area contributed by atoms with Crippen LogP contribution in [0, 0.1) is 18.6 Å². The molecule has 1 aromatic carbocycles. The average Bonchev–Trinajstić information content (AvgIpc) is 3.33. The molecular weight excluding hydrogens is 438 g/mol. The number of hydrogen-bond donors (Lipinski definition) is 2. The third kappa shape index (κ3) is 4.01. The number of aromatic nitrogens is 2. The number of halogens is 2. The lowest BCUT2D eigenvalue weighted by Gasteiger charge is -2.39. The summed E-state index contributed by atoms with van der Waals surface area (Å²) in [5.41, 5.74) is 2.14. The Kier molecular flexibility index (Phi) is 5.95. The molecule has 1 aliphatic carbocycles. The predicted molar refractivity (Wildman–Crippen MR) is 125 cm³/mol. The van der Waals surface area contributed by atoms with E-state index in [9.17, 15) is 19.0 Å². The van der Waals surface area contributed by atoms with Gasteiger partial charge in [-0.1, -0.05) is 12.2 Å². The van der Waals surface area contributed by atoms with E-state index in [2.05, 4.69) is 4.98 Å². The lowest BCUT2D eigenvalue weighted by atomic mass is 9.89. The summed E-state index contributed by atoms with van der Waals surface area (Å²) in [7, 11) is 0. The summed E-state index contributed by atoms with van der Waals surface area (Å²) in [5, 5.41) is 21.2. The van der Waals surface area contributed by atoms with Crippen molar-refractivity contribution in [1.29, 1.82) is 0 Å². The Balaban J connectivity index is 1.44. The van der Waals surface area contributed by atoms with Crippen molar-refractivity contribution in [2.24, 2.45) is 4.99 Å². The van der Waals surface area contributed by atoms with E-state index < -0.39 is 23.3 Å². The molecule has 3 unspecified atom stereocenters. The molecule has 0 bridgehead atoms. The van der Waals surface area contributed by atoms with Gasteiger partial charge in [0, 0.05) is 18.8 Å². The number of nitrogens with zero attached hydrogens (tertiary/aromatic N) is 4. The molecule has 2 aromatic rings. The molecule has 1 aromatic heterocycles. The van der Waals surface area contributed by atoms with Crippen LogP contribution < -0.4 is 0 Å². The molecule has 5 rings (SSSR count). The minimum Gasteiger partial charge on any atom is -0.393 e. The maximum Gasteiger partial charge on any atom is 0.127 e. The predicted octanol–water partition coefficient (Wildman–Crippen LogP) is 3.58. The molecule has 1 fully saturated rings. The maximum atomic E-state index is 14.0. The molecule has 2 aliphatic heterocycles. The van der Waals surface area contributed by atoms with Crippen LogP contribution in [-0.4, -0.2) is 56.3 Å². The molecule has 6 nitrogen and oxygen atoms in total. The van der Waals surface area contributed by atoms with E-state index >= 15 is 0 Å². The van der Waals surface area contributed by atoms with E-state index in [1.54, 1.807) is 6.33 Å². The van der Waals surface area contributed by atoms with Gasteiger partial charge < -0.3 is 19.7 Å². The molecule has 8 heteroatoms. The van der Waals surface area contributed by atoms with Gasteiger partial charge >= 0.3 is 0 Å². The smallest absolute Gasteiger partial charge is 0.127 e. The van der Waals surface area contributed by atoms with Crippen molar-refractivity contribution in [2.45, 2.75) is 43.9 Å². The van der Waals surface area contributed by atoms with Crippen LogP contribution in [0.4, 0.5) is 8.78 Å². The second-order valence-electron chi connectivity index (χ2n) is 9.24. The van der Waals surface area contributed by atoms with Gasteiger partial charge in [-0.2, -0.15) is 0 Å². The summed E-state index contributed by atoms with van der Waals surface area (Å²) in [6.07, 6.45) is 13.3. The zero-order valence-electron chi connectivity index (χ0n) is 19.0. The number of aliphatic hydroxyl groups excluding tert-OH is 2. The van der Waals surface area contributed by atoms with Gasteiger partial charge in [-0.3, -0.25) is 4.99 Å². The van der Waals surface area contributed by atoms with Crippen LogP contribution >= 0.6 is 0 Å². The molecule has 3 heterocycles. The van der Waals surface area contributed by atoms with Gasteiger partial charge in [0.15, 0.2) is 0 Å². The summed E-state index contributed by atoms with van der Waals surface area (Å²) >= 11 is 0. The number of aryl methyl sites for hydroxylation is 1. The molecule has 0 amide bonds. The van der Waals surface area contributed by atoms with Crippen LogP contribution in [0.15, 0.2) is 71.2 Å². The van der Waals surface area contributed by atoms with Gasteiger partial charge in [0.1, 0.15) is 23.0 Å². The Morgan fingerprint density at radius 1 is 1.21 bits per heavy atom. The van der Waals surface area contributed by atoms with Crippen LogP contribution in [0.2, 0.25) is 0 Å². The van der Waals surface area contributed by atoms with Gasteiger partial charge in [-0.25, -0.2) is 13.8 Å². The molecule has 178 valence electrons. The number of allylic oxidation sites excluding steroid dienone is 3. The summed E-state index contributed by atoms with van der Waals surface area (Å²) in [5.74, 6) is -0.598. The van der Waals surface area contributed by atoms with Crippen LogP contribution in [0.5, 0.6) is 0 Å². The topological polar surface area (TPSA) is 73.9 Å². The second-order valence-corrected chi connectivity index (χ2v) is 9.24. The highest BCUT2D eigenvalue weighted by Gasteiger charge is 2.45. The van der Waals surface area contributed by atoms with Crippen molar-refractivity contribution in [3.8, 4) is 0 Å². The number of rotatable bonds is 4. The van der Waals surface area contributed by atoms with Crippen molar-refractivity contribution in [3.63, 3.8) is 0 Å². The fraction of sp³-hybridized carbons (Fsp3) is 0.385. The summed E-state index contributed by atoms with van der Waals surface area (Å²) in [4.78, 5) is 11.0. The first-order valence-corrected chi connectivity index (χ1v) is 11.6. The minimum atomic E-state index is -0.998. The molecule has 3 aliphatic rings. The number of imidazole rings is 1. The Bertz CT molecular complexity index is 1190. The van der Waals surface area contributed by atoms with Gasteiger partial charge in [0.25, 0.3) is 0 Å². The summed E-state index contributed by atoms with van der Waals surface area (Å²) in [6, 6.07) is 3.19. The zero-order valence-corrected chi connectivity index (χ0v) is 19.0. The van der Waals surface area contributed by atoms with Crippen molar-refractivity contribution in [1.82, 2.24) is 14.5 Å². The minimum absolute atomic E-state index is 0.220. The number of hydrogen-bond acceptors (Lipinski definition) is 5. The van der Waals surface area contributed by atoms with E-state index in [0.717, 1.165) is 48.0 Å². The summed E-state index contributed by atoms with van der Waals surface area (Å²) < 4.78 is 30.0. The third-order valence-electron chi connectivity index (χ3n) is 6.90. The molecule has 1 saturated heterocycles. The highest BCUT2D eigenvalue weighted by molar-refractivity contribution is 6.01. The number of fused-ring (bicyclic) bond motifs is 1. The van der Waals surface area contributed by atoms with Gasteiger partial charge in [-0.05, 0) is 67.2 Å². The molecule has 2 N–H and O–H groups in total. The number of aliphatic hydroxyl groups is 2. The molecule has 0 radical (unpaired) electrons. The van der Waals surface area contributed by atoms with E-state index in [-0.39, 0.29) is 19.2 Å². The second kappa shape index (κ2) is 8.92. The fourth-order valence-corrected chi connectivity index (χ4v) is 5.16. The van der Waals surface area contributed by atoms with E-state index in [1.807, 2.05) is 46.9 Å². The molecule has 0 spiro atoms. The van der Waals surface area contributed by atoms with Crippen LogP contribution in [0.1, 0.15) is 36.6 Å². The Morgan fingerprint density at radius 2 is 2.00 bits per heavy atom. The van der Waals surface area contributed by atoms with Crippen molar-refractivity contribution < 1.29 is 19.0 Å². The molecular formula is C26H28F2N4O2. The monoisotopic (exact) mass is 466 g/mol. The first kappa shape index (κ1) is 22.7. The highest BCUT2D eigenvalue weighted by Crippen LogP contribution is 2.39. The lowest BCUT2D eigenvalue weighted by Crippen LogP contribution is -2.50. The van der Waals surface area contributed by atoms with Gasteiger partial charge in [-0.15, -0.1) is 0 Å². The van der Waals surface area contributed by atoms with E-state index in [4.69, 9.17) is 4.99 Å². The number of benzene rings is 1. The van der Waals surface area contributed by atoms with Crippen LogP contribution in [0.25, 0.3) is 0 Å². The van der Waals surface area contributed by atoms with E-state index in [0.29, 0.717) is 12.1 Å². The normalized spacial score (nSPS) is 28.0. The van der Waals surface area contributed by atoms with Crippen molar-refractivity contribution >= 4 is 5.84 Å². The summed E-state index contributed by atoms with van der Waals surface area (Å²) in [6.45, 7) is 2.46. The number of aliphatic imine (C=N–C) groups is 1. The Labute approximate surface area is 197 Å². The van der Waals surface area contributed by atoms with Crippen molar-refractivity contribution in [2.75, 3.05) is 19.7 Å². The standard InChI is InChI=1S/C26H28F2N4O2/c1-17-13-31(16-30-17)23-6-5-18(9-24(23)34)8-19-4-2-3-7-32-25(19)29-14-26(32,15-33)20-10-21(27)12-22(28)11-20/h5-6,8-13,16,23-24,33-34H,2-4,7,14-15H2,1H3/b19-8+. The van der Waals surface area contributed by atoms with Crippen LogP contribution in [-0.2, 0) is 5.54 Å². The molecule has 0 saturated carbocycles. The fourth-order valence-electron chi connectivity index (χ4n) is 5.16. The van der Waals surface area contributed by atoms with Gasteiger partial charge in [0.2, 0.25) is 0 Å². The Morgan fingerprint density at radius 3 is 2.68 bits per heavy atom. The quantitative estimate of drug-likeness (QED) is 0.723. The Hall–Kier alpha value is -3.10. The number of amidine groups is 1.